The average Bonchev–Trinajstić information content (AvgIpc) is 2.38. The molecule has 0 aliphatic carbocycles. The molecule has 0 amide bonds. The molecule has 0 unspecified atom stereocenters. The summed E-state index contributed by atoms with van der Waals surface area (Å²) in [5.41, 5.74) is 0.184. The van der Waals surface area contributed by atoms with Gasteiger partial charge in [-0.2, -0.15) is 13.2 Å². The summed E-state index contributed by atoms with van der Waals surface area (Å²) in [6.45, 7) is 4.97. The second-order valence-corrected chi connectivity index (χ2v) is 5.10. The van der Waals surface area contributed by atoms with E-state index in [0.717, 1.165) is 17.7 Å². The zero-order valence-electron chi connectivity index (χ0n) is 10.9. The predicted molar refractivity (Wildman–Crippen MR) is 64.7 cm³/mol. The van der Waals surface area contributed by atoms with Crippen LogP contribution in [0.5, 0.6) is 0 Å². The first-order chi connectivity index (χ1) is 8.88. The van der Waals surface area contributed by atoms with Crippen molar-refractivity contribution in [2.24, 2.45) is 5.92 Å². The molecule has 1 aliphatic heterocycles. The summed E-state index contributed by atoms with van der Waals surface area (Å²) < 4.78 is 48.5. The quantitative estimate of drug-likeness (QED) is 0.816. The van der Waals surface area contributed by atoms with Crippen LogP contribution in [0.4, 0.5) is 13.2 Å². The van der Waals surface area contributed by atoms with Gasteiger partial charge in [-0.15, -0.1) is 0 Å². The van der Waals surface area contributed by atoms with Crippen molar-refractivity contribution in [1.29, 1.82) is 0 Å². The van der Waals surface area contributed by atoms with Crippen molar-refractivity contribution in [3.63, 3.8) is 0 Å². The third-order valence-electron chi connectivity index (χ3n) is 3.18. The first kappa shape index (κ1) is 14.3. The lowest BCUT2D eigenvalue weighted by Gasteiger charge is -2.31. The molecule has 0 aromatic heterocycles. The van der Waals surface area contributed by atoms with Crippen LogP contribution in [-0.4, -0.2) is 19.5 Å². The molecule has 0 bridgehead atoms. The minimum Gasteiger partial charge on any atom is -0.352 e. The Morgan fingerprint density at radius 3 is 2.00 bits per heavy atom. The molecular formula is C14H17F3O2. The van der Waals surface area contributed by atoms with Gasteiger partial charge in [0.15, 0.2) is 6.29 Å². The van der Waals surface area contributed by atoms with Gasteiger partial charge in [-0.05, 0) is 17.7 Å². The average molecular weight is 274 g/mol. The Morgan fingerprint density at radius 1 is 1.05 bits per heavy atom. The van der Waals surface area contributed by atoms with Gasteiger partial charge < -0.3 is 9.47 Å². The van der Waals surface area contributed by atoms with Gasteiger partial charge >= 0.3 is 6.18 Å². The van der Waals surface area contributed by atoms with Crippen molar-refractivity contribution in [2.45, 2.75) is 32.2 Å². The van der Waals surface area contributed by atoms with E-state index in [2.05, 4.69) is 0 Å². The lowest BCUT2D eigenvalue weighted by Crippen LogP contribution is -2.34. The largest absolute Gasteiger partial charge is 0.416 e. The van der Waals surface area contributed by atoms with Gasteiger partial charge in [0, 0.05) is 11.8 Å². The Kier molecular flexibility index (Phi) is 4.16. The van der Waals surface area contributed by atoms with Crippen molar-refractivity contribution >= 4 is 0 Å². The third kappa shape index (κ3) is 3.48. The number of rotatable bonds is 2. The smallest absolute Gasteiger partial charge is 0.352 e. The second-order valence-electron chi connectivity index (χ2n) is 5.10. The molecule has 0 spiro atoms. The molecule has 1 aromatic rings. The molecule has 2 nitrogen and oxygen atoms in total. The zero-order chi connectivity index (χ0) is 14.0. The maximum absolute atomic E-state index is 12.5. The highest BCUT2D eigenvalue weighted by Crippen LogP contribution is 2.31. The molecule has 1 saturated heterocycles. The van der Waals surface area contributed by atoms with E-state index in [9.17, 15) is 13.2 Å². The molecule has 0 atom stereocenters. The highest BCUT2D eigenvalue weighted by Gasteiger charge is 2.31. The van der Waals surface area contributed by atoms with Crippen LogP contribution in [-0.2, 0) is 15.7 Å². The fraction of sp³-hybridized carbons (Fsp3) is 0.571. The maximum atomic E-state index is 12.5. The zero-order valence-corrected chi connectivity index (χ0v) is 10.9. The molecule has 2 rings (SSSR count). The molecular weight excluding hydrogens is 257 g/mol. The van der Waals surface area contributed by atoms with E-state index >= 15 is 0 Å². The summed E-state index contributed by atoms with van der Waals surface area (Å²) in [6.07, 6.45) is -4.51. The molecule has 0 saturated carbocycles. The molecule has 0 radical (unpaired) electrons. The van der Waals surface area contributed by atoms with E-state index in [-0.39, 0.29) is 18.1 Å². The van der Waals surface area contributed by atoms with Gasteiger partial charge in [-0.25, -0.2) is 0 Å². The normalized spacial score (nSPS) is 24.7. The van der Waals surface area contributed by atoms with Crippen LogP contribution in [0, 0.1) is 5.92 Å². The van der Waals surface area contributed by atoms with Crippen LogP contribution in [0.25, 0.3) is 0 Å². The van der Waals surface area contributed by atoms with E-state index in [4.69, 9.17) is 9.47 Å². The SMILES string of the molecule is CC(C)C1OCC(c2ccc(C(F)(F)F)cc2)CO1. The maximum Gasteiger partial charge on any atom is 0.416 e. The Hall–Kier alpha value is -1.07. The first-order valence-electron chi connectivity index (χ1n) is 6.28. The van der Waals surface area contributed by atoms with Gasteiger partial charge in [0.1, 0.15) is 0 Å². The number of hydrogen-bond acceptors (Lipinski definition) is 2. The molecule has 1 heterocycles. The molecule has 106 valence electrons. The lowest BCUT2D eigenvalue weighted by molar-refractivity contribution is -0.206. The summed E-state index contributed by atoms with van der Waals surface area (Å²) >= 11 is 0. The topological polar surface area (TPSA) is 18.5 Å². The lowest BCUT2D eigenvalue weighted by atomic mass is 9.98. The first-order valence-corrected chi connectivity index (χ1v) is 6.28. The molecule has 19 heavy (non-hydrogen) atoms. The Balaban J connectivity index is 2.00. The number of hydrogen-bond donors (Lipinski definition) is 0. The van der Waals surface area contributed by atoms with Crippen LogP contribution in [0.3, 0.4) is 0 Å². The highest BCUT2D eigenvalue weighted by atomic mass is 19.4. The van der Waals surface area contributed by atoms with E-state index in [1.54, 1.807) is 0 Å². The molecule has 1 aliphatic rings. The van der Waals surface area contributed by atoms with Crippen molar-refractivity contribution in [3.05, 3.63) is 35.4 Å². The van der Waals surface area contributed by atoms with Crippen molar-refractivity contribution in [1.82, 2.24) is 0 Å². The van der Waals surface area contributed by atoms with Crippen LogP contribution >= 0.6 is 0 Å². The Labute approximate surface area is 110 Å². The van der Waals surface area contributed by atoms with E-state index in [0.29, 0.717) is 13.2 Å². The summed E-state index contributed by atoms with van der Waals surface area (Å²) in [4.78, 5) is 0. The van der Waals surface area contributed by atoms with Gasteiger partial charge in [-0.3, -0.25) is 0 Å². The molecule has 5 heteroatoms. The van der Waals surface area contributed by atoms with Crippen LogP contribution in [0.15, 0.2) is 24.3 Å². The summed E-state index contributed by atoms with van der Waals surface area (Å²) in [5, 5.41) is 0. The molecule has 0 N–H and O–H groups in total. The third-order valence-corrected chi connectivity index (χ3v) is 3.18. The van der Waals surface area contributed by atoms with Crippen LogP contribution in [0.1, 0.15) is 30.9 Å². The summed E-state index contributed by atoms with van der Waals surface area (Å²) in [5.74, 6) is 0.269. The van der Waals surface area contributed by atoms with E-state index in [1.807, 2.05) is 13.8 Å². The van der Waals surface area contributed by atoms with Crippen molar-refractivity contribution in [3.8, 4) is 0 Å². The fourth-order valence-corrected chi connectivity index (χ4v) is 2.04. The predicted octanol–water partition coefficient (Wildman–Crippen LogP) is 3.82. The highest BCUT2D eigenvalue weighted by molar-refractivity contribution is 5.27. The van der Waals surface area contributed by atoms with Gasteiger partial charge in [0.25, 0.3) is 0 Å². The van der Waals surface area contributed by atoms with E-state index < -0.39 is 11.7 Å². The van der Waals surface area contributed by atoms with Crippen molar-refractivity contribution < 1.29 is 22.6 Å². The van der Waals surface area contributed by atoms with Gasteiger partial charge in [0.2, 0.25) is 0 Å². The minimum absolute atomic E-state index is 0.00252. The van der Waals surface area contributed by atoms with Crippen LogP contribution in [0.2, 0.25) is 0 Å². The van der Waals surface area contributed by atoms with E-state index in [1.165, 1.54) is 12.1 Å². The Morgan fingerprint density at radius 2 is 1.58 bits per heavy atom. The number of ether oxygens (including phenoxy) is 2. The molecule has 1 aromatic carbocycles. The standard InChI is InChI=1S/C14H17F3O2/c1-9(2)13-18-7-11(8-19-13)10-3-5-12(6-4-10)14(15,16)17/h3-6,9,11,13H,7-8H2,1-2H3. The summed E-state index contributed by atoms with van der Waals surface area (Å²) in [7, 11) is 0. The monoisotopic (exact) mass is 274 g/mol. The van der Waals surface area contributed by atoms with Crippen molar-refractivity contribution in [2.75, 3.05) is 13.2 Å². The summed E-state index contributed by atoms with van der Waals surface area (Å²) in [6, 6.07) is 5.19. The van der Waals surface area contributed by atoms with Crippen LogP contribution < -0.4 is 0 Å². The number of alkyl halides is 3. The second kappa shape index (κ2) is 5.51. The number of halogens is 3. The van der Waals surface area contributed by atoms with Gasteiger partial charge in [-0.1, -0.05) is 26.0 Å². The fourth-order valence-electron chi connectivity index (χ4n) is 2.04. The number of benzene rings is 1. The molecule has 1 fully saturated rings. The van der Waals surface area contributed by atoms with Gasteiger partial charge in [0.05, 0.1) is 18.8 Å². The Bertz CT molecular complexity index is 404. The minimum atomic E-state index is -4.29.